The van der Waals surface area contributed by atoms with E-state index in [-0.39, 0.29) is 111 Å². The van der Waals surface area contributed by atoms with Gasteiger partial charge in [-0.05, 0) is 0 Å². The molecule has 0 heterocycles. The van der Waals surface area contributed by atoms with Crippen LogP contribution < -0.4 is 88.6 Å². The topological polar surface area (TPSA) is 0 Å². The Morgan fingerprint density at radius 3 is 0.600 bits per heavy atom. The van der Waals surface area contributed by atoms with Gasteiger partial charge >= 0.3 is 73.8 Å². The molecule has 0 N–H and O–H groups in total. The van der Waals surface area contributed by atoms with Crippen LogP contribution in [0.3, 0.4) is 0 Å². The van der Waals surface area contributed by atoms with Crippen LogP contribution in [0.5, 0.6) is 0 Å². The first-order valence-corrected chi connectivity index (χ1v) is 0. The Balaban J connectivity index is 0. The maximum Gasteiger partial charge on any atom is 2.00 e. The van der Waals surface area contributed by atoms with Crippen molar-refractivity contribution in [2.75, 3.05) is 0 Å². The molecule has 0 saturated carbocycles. The molecule has 0 aliphatic carbocycles. The average molecular weight is 342 g/mol. The van der Waals surface area contributed by atoms with E-state index in [2.05, 4.69) is 0 Å². The van der Waals surface area contributed by atoms with Crippen molar-refractivity contribution in [2.24, 2.45) is 0 Å². The fourth-order valence-corrected chi connectivity index (χ4v) is 0. The van der Waals surface area contributed by atoms with Crippen LogP contribution in [0.25, 0.3) is 0 Å². The fourth-order valence-electron chi connectivity index (χ4n) is 0. The molecule has 0 unspecified atom stereocenters. The Labute approximate surface area is 108 Å². The maximum absolute atomic E-state index is 0. The number of rotatable bonds is 0. The standard InChI is InChI=1S/Au.3ClH.K/h;3*1H;/q+2;;;;+1/p-3. The van der Waals surface area contributed by atoms with Crippen LogP contribution in [0.4, 0.5) is 0 Å². The molecule has 0 aliphatic rings. The minimum atomic E-state index is 0. The predicted molar refractivity (Wildman–Crippen MR) is 0 cm³/mol. The van der Waals surface area contributed by atoms with E-state index in [1.165, 1.54) is 0 Å². The van der Waals surface area contributed by atoms with Crippen molar-refractivity contribution >= 4 is 0 Å². The van der Waals surface area contributed by atoms with Crippen LogP contribution in [-0.4, -0.2) is 0 Å². The normalized spacial score (nSPS) is 0. The molecule has 1 radical (unpaired) electrons. The van der Waals surface area contributed by atoms with E-state index in [9.17, 15) is 0 Å². The van der Waals surface area contributed by atoms with Crippen LogP contribution in [0, 0.1) is 0 Å². The zero-order valence-corrected chi connectivity index (χ0v) is 9.99. The van der Waals surface area contributed by atoms with Gasteiger partial charge in [0, 0.05) is 0 Å². The van der Waals surface area contributed by atoms with Gasteiger partial charge in [-0.25, -0.2) is 0 Å². The van der Waals surface area contributed by atoms with Gasteiger partial charge in [0.15, 0.2) is 0 Å². The van der Waals surface area contributed by atoms with E-state index in [1.54, 1.807) is 0 Å². The van der Waals surface area contributed by atoms with Gasteiger partial charge in [0.25, 0.3) is 0 Å². The Hall–Kier alpha value is 3.25. The third-order valence-corrected chi connectivity index (χ3v) is 0. The van der Waals surface area contributed by atoms with E-state index in [0.29, 0.717) is 0 Å². The second-order valence-corrected chi connectivity index (χ2v) is 0. The summed E-state index contributed by atoms with van der Waals surface area (Å²) in [6.45, 7) is 0. The van der Waals surface area contributed by atoms with Crippen molar-refractivity contribution in [3.05, 3.63) is 0 Å². The summed E-state index contributed by atoms with van der Waals surface area (Å²) >= 11 is 0. The molecule has 0 fully saturated rings. The molecule has 0 saturated heterocycles. The Kier molecular flexibility index (Phi) is 220. The van der Waals surface area contributed by atoms with E-state index in [4.69, 9.17) is 0 Å². The van der Waals surface area contributed by atoms with Gasteiger partial charge < -0.3 is 37.2 Å². The SMILES string of the molecule is [Au+2].[Cl-].[Cl-].[Cl-].[K+]. The van der Waals surface area contributed by atoms with Crippen molar-refractivity contribution in [2.45, 2.75) is 0 Å². The smallest absolute Gasteiger partial charge is 1.00 e. The van der Waals surface area contributed by atoms with Gasteiger partial charge in [-0.3, -0.25) is 0 Å². The molecule has 33 valence electrons. The molecule has 0 spiro atoms. The molecule has 0 aromatic carbocycles. The van der Waals surface area contributed by atoms with E-state index >= 15 is 0 Å². The third kappa shape index (κ3) is 18.9. The van der Waals surface area contributed by atoms with Crippen LogP contribution in [0.15, 0.2) is 0 Å². The predicted octanol–water partition coefficient (Wildman–Crippen LogP) is -12.0. The molecule has 0 aliphatic heterocycles. The minimum Gasteiger partial charge on any atom is -1.00 e. The summed E-state index contributed by atoms with van der Waals surface area (Å²) in [7, 11) is 0. The monoisotopic (exact) mass is 341 g/mol. The first-order valence-electron chi connectivity index (χ1n) is 0. The second-order valence-electron chi connectivity index (χ2n) is 0. The van der Waals surface area contributed by atoms with E-state index in [1.807, 2.05) is 0 Å². The summed E-state index contributed by atoms with van der Waals surface area (Å²) in [6, 6.07) is 0. The molecule has 5 heavy (non-hydrogen) atoms. The molecule has 0 aromatic heterocycles. The van der Waals surface area contributed by atoms with Gasteiger partial charge in [-0.2, -0.15) is 0 Å². The molecule has 0 nitrogen and oxygen atoms in total. The molecule has 0 amide bonds. The second kappa shape index (κ2) is 26.8. The first-order chi connectivity index (χ1) is 0. The number of hydrogen-bond acceptors (Lipinski definition) is 0. The Morgan fingerprint density at radius 2 is 0.600 bits per heavy atom. The first kappa shape index (κ1) is 41.1. The Bertz CT molecular complexity index is 6.85. The zero-order valence-electron chi connectivity index (χ0n) is 2.44. The third-order valence-electron chi connectivity index (χ3n) is 0. The van der Waals surface area contributed by atoms with Crippen molar-refractivity contribution in [3.8, 4) is 0 Å². The van der Waals surface area contributed by atoms with Crippen molar-refractivity contribution in [1.29, 1.82) is 0 Å². The summed E-state index contributed by atoms with van der Waals surface area (Å²) in [5.41, 5.74) is 0. The molecule has 5 heteroatoms. The number of halogens is 3. The molecular formula is AuCl3K. The summed E-state index contributed by atoms with van der Waals surface area (Å²) < 4.78 is 0. The van der Waals surface area contributed by atoms with Crippen molar-refractivity contribution in [3.63, 3.8) is 0 Å². The Morgan fingerprint density at radius 1 is 0.600 bits per heavy atom. The fraction of sp³-hybridized carbons (Fsp3) is 0. The molecule has 0 bridgehead atoms. The maximum atomic E-state index is 0. The van der Waals surface area contributed by atoms with Crippen LogP contribution in [-0.2, 0) is 22.4 Å². The average Bonchev–Trinajstić information content (AvgIpc) is 0. The van der Waals surface area contributed by atoms with Crippen molar-refractivity contribution < 1.29 is 111 Å². The van der Waals surface area contributed by atoms with E-state index < -0.39 is 0 Å². The van der Waals surface area contributed by atoms with Crippen LogP contribution in [0.1, 0.15) is 0 Å². The van der Waals surface area contributed by atoms with Gasteiger partial charge in [-0.15, -0.1) is 0 Å². The van der Waals surface area contributed by atoms with Crippen LogP contribution >= 0.6 is 0 Å². The molecule has 0 aromatic rings. The van der Waals surface area contributed by atoms with E-state index in [0.717, 1.165) is 0 Å². The van der Waals surface area contributed by atoms with Crippen molar-refractivity contribution in [1.82, 2.24) is 0 Å². The molecule has 0 atom stereocenters. The number of hydrogen-bond donors (Lipinski definition) is 0. The van der Waals surface area contributed by atoms with Gasteiger partial charge in [0.05, 0.1) is 0 Å². The zero-order chi connectivity index (χ0) is 0. The summed E-state index contributed by atoms with van der Waals surface area (Å²) in [5.74, 6) is 0. The largest absolute Gasteiger partial charge is 2.00 e. The summed E-state index contributed by atoms with van der Waals surface area (Å²) in [6.07, 6.45) is 0. The summed E-state index contributed by atoms with van der Waals surface area (Å²) in [4.78, 5) is 0. The summed E-state index contributed by atoms with van der Waals surface area (Å²) in [5, 5.41) is 0. The van der Waals surface area contributed by atoms with Gasteiger partial charge in [0.1, 0.15) is 0 Å². The van der Waals surface area contributed by atoms with Gasteiger partial charge in [-0.1, -0.05) is 0 Å². The molecule has 0 rings (SSSR count). The molecular weight excluding hydrogens is 342 g/mol. The quantitative estimate of drug-likeness (QED) is 0.384. The minimum absolute atomic E-state index is 0. The van der Waals surface area contributed by atoms with Crippen LogP contribution in [0.2, 0.25) is 0 Å². The van der Waals surface area contributed by atoms with Gasteiger partial charge in [0.2, 0.25) is 0 Å².